The molecule has 0 aromatic carbocycles. The van der Waals surface area contributed by atoms with Crippen LogP contribution < -0.4 is 5.32 Å². The standard InChI is InChI=1S/C14H21N3S/c1-12-11-13(2)17(16-12)9-4-7-15-8-6-14-5-3-10-18-14/h3,5,10-11,15H,4,6-9H2,1-2H3. The third-order valence-corrected chi connectivity index (χ3v) is 3.89. The van der Waals surface area contributed by atoms with E-state index in [2.05, 4.69) is 45.6 Å². The Morgan fingerprint density at radius 3 is 2.89 bits per heavy atom. The molecule has 3 nitrogen and oxygen atoms in total. The molecule has 0 aliphatic heterocycles. The molecule has 0 saturated heterocycles. The maximum atomic E-state index is 4.46. The van der Waals surface area contributed by atoms with Crippen molar-refractivity contribution < 1.29 is 0 Å². The summed E-state index contributed by atoms with van der Waals surface area (Å²) in [7, 11) is 0. The van der Waals surface area contributed by atoms with Crippen LogP contribution in [0.15, 0.2) is 23.6 Å². The Morgan fingerprint density at radius 2 is 2.22 bits per heavy atom. The van der Waals surface area contributed by atoms with Gasteiger partial charge in [0.05, 0.1) is 5.69 Å². The fraction of sp³-hybridized carbons (Fsp3) is 0.500. The van der Waals surface area contributed by atoms with Gasteiger partial charge in [0.1, 0.15) is 0 Å². The van der Waals surface area contributed by atoms with E-state index in [4.69, 9.17) is 0 Å². The third kappa shape index (κ3) is 3.96. The predicted molar refractivity (Wildman–Crippen MR) is 77.2 cm³/mol. The fourth-order valence-corrected chi connectivity index (χ4v) is 2.76. The monoisotopic (exact) mass is 263 g/mol. The molecule has 0 bridgehead atoms. The highest BCUT2D eigenvalue weighted by molar-refractivity contribution is 7.09. The van der Waals surface area contributed by atoms with E-state index in [0.29, 0.717) is 0 Å². The summed E-state index contributed by atoms with van der Waals surface area (Å²) >= 11 is 1.83. The molecule has 1 N–H and O–H groups in total. The average molecular weight is 263 g/mol. The minimum atomic E-state index is 1.01. The van der Waals surface area contributed by atoms with E-state index >= 15 is 0 Å². The van der Waals surface area contributed by atoms with E-state index in [9.17, 15) is 0 Å². The van der Waals surface area contributed by atoms with Crippen LogP contribution in [-0.4, -0.2) is 22.9 Å². The zero-order valence-electron chi connectivity index (χ0n) is 11.1. The molecule has 0 atom stereocenters. The van der Waals surface area contributed by atoms with Crippen LogP contribution in [0, 0.1) is 13.8 Å². The SMILES string of the molecule is Cc1cc(C)n(CCCNCCc2cccs2)n1. The fourth-order valence-electron chi connectivity index (χ4n) is 2.05. The van der Waals surface area contributed by atoms with Gasteiger partial charge in [0.15, 0.2) is 0 Å². The van der Waals surface area contributed by atoms with E-state index in [0.717, 1.165) is 38.2 Å². The molecule has 4 heteroatoms. The van der Waals surface area contributed by atoms with Crippen LogP contribution in [0.4, 0.5) is 0 Å². The Kier molecular flexibility index (Phi) is 4.96. The number of aryl methyl sites for hydroxylation is 3. The molecule has 0 unspecified atom stereocenters. The van der Waals surface area contributed by atoms with Crippen molar-refractivity contribution in [2.45, 2.75) is 33.2 Å². The quantitative estimate of drug-likeness (QED) is 0.779. The van der Waals surface area contributed by atoms with Crippen molar-refractivity contribution in [3.8, 4) is 0 Å². The second kappa shape index (κ2) is 6.71. The van der Waals surface area contributed by atoms with E-state index < -0.39 is 0 Å². The van der Waals surface area contributed by atoms with Crippen LogP contribution in [0.2, 0.25) is 0 Å². The molecule has 0 spiro atoms. The maximum Gasteiger partial charge on any atom is 0.0596 e. The van der Waals surface area contributed by atoms with Crippen molar-refractivity contribution >= 4 is 11.3 Å². The summed E-state index contributed by atoms with van der Waals surface area (Å²) in [5.74, 6) is 0. The Balaban J connectivity index is 1.57. The van der Waals surface area contributed by atoms with Crippen LogP contribution >= 0.6 is 11.3 Å². The van der Waals surface area contributed by atoms with Gasteiger partial charge in [0.2, 0.25) is 0 Å². The molecule has 98 valence electrons. The lowest BCUT2D eigenvalue weighted by Gasteiger charge is -2.05. The van der Waals surface area contributed by atoms with Gasteiger partial charge in [-0.25, -0.2) is 0 Å². The van der Waals surface area contributed by atoms with E-state index in [1.165, 1.54) is 10.6 Å². The highest BCUT2D eigenvalue weighted by Gasteiger charge is 1.99. The number of hydrogen-bond acceptors (Lipinski definition) is 3. The maximum absolute atomic E-state index is 4.46. The molecule has 2 heterocycles. The van der Waals surface area contributed by atoms with Crippen molar-refractivity contribution in [2.24, 2.45) is 0 Å². The summed E-state index contributed by atoms with van der Waals surface area (Å²) in [6.07, 6.45) is 2.27. The molecule has 0 aliphatic rings. The van der Waals surface area contributed by atoms with Gasteiger partial charge in [-0.3, -0.25) is 4.68 Å². The molecule has 2 rings (SSSR count). The Hall–Kier alpha value is -1.13. The van der Waals surface area contributed by atoms with Gasteiger partial charge in [-0.2, -0.15) is 5.10 Å². The Bertz CT molecular complexity index is 459. The van der Waals surface area contributed by atoms with Gasteiger partial charge in [0.25, 0.3) is 0 Å². The van der Waals surface area contributed by atoms with Crippen molar-refractivity contribution in [1.29, 1.82) is 0 Å². The van der Waals surface area contributed by atoms with Gasteiger partial charge in [0, 0.05) is 17.1 Å². The van der Waals surface area contributed by atoms with Crippen molar-refractivity contribution in [3.63, 3.8) is 0 Å². The third-order valence-electron chi connectivity index (χ3n) is 2.96. The summed E-state index contributed by atoms with van der Waals surface area (Å²) in [5, 5.41) is 10.1. The normalized spacial score (nSPS) is 11.0. The number of hydrogen-bond donors (Lipinski definition) is 1. The Morgan fingerprint density at radius 1 is 1.33 bits per heavy atom. The van der Waals surface area contributed by atoms with Gasteiger partial charge in [-0.1, -0.05) is 6.07 Å². The highest BCUT2D eigenvalue weighted by atomic mass is 32.1. The largest absolute Gasteiger partial charge is 0.316 e. The van der Waals surface area contributed by atoms with E-state index in [1.807, 2.05) is 18.3 Å². The second-order valence-corrected chi connectivity index (χ2v) is 5.62. The first-order valence-corrected chi connectivity index (χ1v) is 7.38. The molecule has 0 amide bonds. The molecular formula is C14H21N3S. The lowest BCUT2D eigenvalue weighted by Crippen LogP contribution is -2.20. The smallest absolute Gasteiger partial charge is 0.0596 e. The van der Waals surface area contributed by atoms with Gasteiger partial charge >= 0.3 is 0 Å². The number of nitrogens with zero attached hydrogens (tertiary/aromatic N) is 2. The molecule has 0 radical (unpaired) electrons. The summed E-state index contributed by atoms with van der Waals surface area (Å²) in [4.78, 5) is 1.46. The lowest BCUT2D eigenvalue weighted by molar-refractivity contribution is 0.533. The predicted octanol–water partition coefficient (Wildman–Crippen LogP) is 2.78. The summed E-state index contributed by atoms with van der Waals surface area (Å²) in [6.45, 7) is 7.29. The van der Waals surface area contributed by atoms with Crippen molar-refractivity contribution in [1.82, 2.24) is 15.1 Å². The van der Waals surface area contributed by atoms with Crippen LogP contribution in [0.25, 0.3) is 0 Å². The van der Waals surface area contributed by atoms with E-state index in [-0.39, 0.29) is 0 Å². The average Bonchev–Trinajstić information content (AvgIpc) is 2.94. The molecule has 2 aromatic rings. The summed E-state index contributed by atoms with van der Waals surface area (Å²) < 4.78 is 2.09. The molecule has 0 fully saturated rings. The van der Waals surface area contributed by atoms with Crippen LogP contribution in [0.5, 0.6) is 0 Å². The van der Waals surface area contributed by atoms with Crippen LogP contribution in [-0.2, 0) is 13.0 Å². The molecule has 0 saturated carbocycles. The highest BCUT2D eigenvalue weighted by Crippen LogP contribution is 2.08. The van der Waals surface area contributed by atoms with Crippen molar-refractivity contribution in [2.75, 3.05) is 13.1 Å². The van der Waals surface area contributed by atoms with Gasteiger partial charge < -0.3 is 5.32 Å². The first-order valence-electron chi connectivity index (χ1n) is 6.50. The van der Waals surface area contributed by atoms with Crippen LogP contribution in [0.3, 0.4) is 0 Å². The van der Waals surface area contributed by atoms with Crippen molar-refractivity contribution in [3.05, 3.63) is 39.8 Å². The topological polar surface area (TPSA) is 29.9 Å². The number of rotatable bonds is 7. The first kappa shape index (κ1) is 13.3. The number of aromatic nitrogens is 2. The summed E-state index contributed by atoms with van der Waals surface area (Å²) in [6, 6.07) is 6.44. The molecular weight excluding hydrogens is 242 g/mol. The number of nitrogens with one attached hydrogen (secondary N) is 1. The van der Waals surface area contributed by atoms with Gasteiger partial charge in [-0.15, -0.1) is 11.3 Å². The Labute approximate surface area is 113 Å². The second-order valence-electron chi connectivity index (χ2n) is 4.58. The minimum absolute atomic E-state index is 1.01. The lowest BCUT2D eigenvalue weighted by atomic mass is 10.3. The molecule has 2 aromatic heterocycles. The zero-order valence-corrected chi connectivity index (χ0v) is 12.0. The van der Waals surface area contributed by atoms with Gasteiger partial charge in [-0.05, 0) is 57.3 Å². The molecule has 0 aliphatic carbocycles. The first-order chi connectivity index (χ1) is 8.75. The molecule has 18 heavy (non-hydrogen) atoms. The van der Waals surface area contributed by atoms with Crippen LogP contribution in [0.1, 0.15) is 22.7 Å². The zero-order chi connectivity index (χ0) is 12.8. The summed E-state index contributed by atoms with van der Waals surface area (Å²) in [5.41, 5.74) is 2.37. The number of thiophene rings is 1. The minimum Gasteiger partial charge on any atom is -0.316 e. The van der Waals surface area contributed by atoms with E-state index in [1.54, 1.807) is 0 Å².